The van der Waals surface area contributed by atoms with Crippen LogP contribution in [0.2, 0.25) is 0 Å². The van der Waals surface area contributed by atoms with Crippen LogP contribution in [0.3, 0.4) is 0 Å². The number of esters is 1. The Morgan fingerprint density at radius 2 is 1.79 bits per heavy atom. The second-order valence-corrected chi connectivity index (χ2v) is 5.79. The first-order valence-electron chi connectivity index (χ1n) is 7.92. The van der Waals surface area contributed by atoms with Crippen molar-refractivity contribution in [3.8, 4) is 0 Å². The van der Waals surface area contributed by atoms with Gasteiger partial charge >= 0.3 is 5.97 Å². The summed E-state index contributed by atoms with van der Waals surface area (Å²) in [6.07, 6.45) is 0.762. The summed E-state index contributed by atoms with van der Waals surface area (Å²) in [5.41, 5.74) is 2.07. The molecule has 0 bridgehead atoms. The molecule has 0 spiro atoms. The van der Waals surface area contributed by atoms with E-state index in [0.717, 1.165) is 12.0 Å². The van der Waals surface area contributed by atoms with Gasteiger partial charge in [-0.2, -0.15) is 0 Å². The summed E-state index contributed by atoms with van der Waals surface area (Å²) < 4.78 is 17.9. The zero-order chi connectivity index (χ0) is 17.1. The lowest BCUT2D eigenvalue weighted by Gasteiger charge is -2.06. The summed E-state index contributed by atoms with van der Waals surface area (Å²) in [5.74, 6) is -0.672. The number of benzene rings is 2. The molecule has 0 aromatic heterocycles. The van der Waals surface area contributed by atoms with E-state index in [2.05, 4.69) is 5.32 Å². The molecule has 2 aromatic carbocycles. The average molecular weight is 327 g/mol. The van der Waals surface area contributed by atoms with Crippen LogP contribution < -0.4 is 5.32 Å². The fourth-order valence-electron chi connectivity index (χ4n) is 2.70. The van der Waals surface area contributed by atoms with E-state index in [1.165, 1.54) is 12.1 Å². The number of halogens is 1. The van der Waals surface area contributed by atoms with Crippen molar-refractivity contribution in [3.63, 3.8) is 0 Å². The topological polar surface area (TPSA) is 55.4 Å². The van der Waals surface area contributed by atoms with Crippen LogP contribution in [0.15, 0.2) is 48.5 Å². The van der Waals surface area contributed by atoms with Gasteiger partial charge < -0.3 is 10.1 Å². The summed E-state index contributed by atoms with van der Waals surface area (Å²) in [6.45, 7) is 2.07. The van der Waals surface area contributed by atoms with E-state index in [0.29, 0.717) is 17.9 Å². The minimum atomic E-state index is -0.381. The second-order valence-electron chi connectivity index (χ2n) is 5.79. The zero-order valence-electron chi connectivity index (χ0n) is 13.3. The molecule has 3 rings (SSSR count). The van der Waals surface area contributed by atoms with Gasteiger partial charge in [-0.3, -0.25) is 4.79 Å². The molecular formula is C19H18FNO3. The quantitative estimate of drug-likeness (QED) is 0.851. The Bertz CT molecular complexity index is 740. The predicted molar refractivity (Wildman–Crippen MR) is 88.3 cm³/mol. The van der Waals surface area contributed by atoms with Gasteiger partial charge in [0.05, 0.1) is 12.2 Å². The molecule has 2 atom stereocenters. The van der Waals surface area contributed by atoms with Crippen molar-refractivity contribution in [3.05, 3.63) is 65.5 Å². The van der Waals surface area contributed by atoms with Gasteiger partial charge in [0.25, 0.3) is 0 Å². The van der Waals surface area contributed by atoms with Crippen molar-refractivity contribution in [2.24, 2.45) is 5.92 Å². The second kappa shape index (κ2) is 6.83. The Hall–Kier alpha value is -2.69. The maximum atomic E-state index is 12.9. The van der Waals surface area contributed by atoms with Crippen LogP contribution in [0.4, 0.5) is 10.1 Å². The normalized spacial score (nSPS) is 18.8. The van der Waals surface area contributed by atoms with Crippen molar-refractivity contribution in [2.75, 3.05) is 11.9 Å². The first kappa shape index (κ1) is 16.2. The fraction of sp³-hybridized carbons (Fsp3) is 0.263. The minimum absolute atomic E-state index is 0.0618. The van der Waals surface area contributed by atoms with Gasteiger partial charge in [0.15, 0.2) is 0 Å². The highest BCUT2D eigenvalue weighted by Gasteiger charge is 2.43. The molecular weight excluding hydrogens is 309 g/mol. The van der Waals surface area contributed by atoms with Crippen LogP contribution in [0.25, 0.3) is 0 Å². The maximum Gasteiger partial charge on any atom is 0.338 e. The molecule has 1 saturated carbocycles. The molecule has 5 heteroatoms. The molecule has 2 aromatic rings. The van der Waals surface area contributed by atoms with Crippen LogP contribution in [-0.2, 0) is 9.53 Å². The molecule has 1 N–H and O–H groups in total. The van der Waals surface area contributed by atoms with Gasteiger partial charge in [0, 0.05) is 11.6 Å². The molecule has 1 aliphatic rings. The van der Waals surface area contributed by atoms with Crippen LogP contribution in [-0.4, -0.2) is 18.5 Å². The van der Waals surface area contributed by atoms with Crippen LogP contribution in [0.1, 0.15) is 35.2 Å². The number of rotatable bonds is 5. The number of carbonyl (C=O) groups excluding carboxylic acids is 2. The van der Waals surface area contributed by atoms with E-state index in [4.69, 9.17) is 4.74 Å². The Labute approximate surface area is 139 Å². The van der Waals surface area contributed by atoms with Gasteiger partial charge in [-0.15, -0.1) is 0 Å². The lowest BCUT2D eigenvalue weighted by Crippen LogP contribution is -2.14. The SMILES string of the molecule is CCOC(=O)c1ccc(NC(=O)C2CC2c2ccc(F)cc2)cc1. The van der Waals surface area contributed by atoms with E-state index in [1.807, 2.05) is 0 Å². The predicted octanol–water partition coefficient (Wildman–Crippen LogP) is 3.74. The van der Waals surface area contributed by atoms with Gasteiger partial charge in [-0.25, -0.2) is 9.18 Å². The molecule has 0 saturated heterocycles. The number of hydrogen-bond donors (Lipinski definition) is 1. The first-order chi connectivity index (χ1) is 11.6. The van der Waals surface area contributed by atoms with E-state index in [1.54, 1.807) is 43.3 Å². The van der Waals surface area contributed by atoms with Crippen molar-refractivity contribution < 1.29 is 18.7 Å². The molecule has 124 valence electrons. The number of anilines is 1. The molecule has 1 fully saturated rings. The molecule has 0 aliphatic heterocycles. The lowest BCUT2D eigenvalue weighted by atomic mass is 10.1. The Balaban J connectivity index is 1.58. The highest BCUT2D eigenvalue weighted by Crippen LogP contribution is 2.47. The summed E-state index contributed by atoms with van der Waals surface area (Å²) in [5, 5.41) is 2.85. The van der Waals surface area contributed by atoms with Crippen LogP contribution in [0.5, 0.6) is 0 Å². The Kier molecular flexibility index (Phi) is 4.60. The molecule has 24 heavy (non-hydrogen) atoms. The first-order valence-corrected chi connectivity index (χ1v) is 7.92. The summed E-state index contributed by atoms with van der Waals surface area (Å²) in [7, 11) is 0. The highest BCUT2D eigenvalue weighted by atomic mass is 19.1. The lowest BCUT2D eigenvalue weighted by molar-refractivity contribution is -0.117. The summed E-state index contributed by atoms with van der Waals surface area (Å²) in [4.78, 5) is 23.9. The smallest absolute Gasteiger partial charge is 0.338 e. The number of amides is 1. The Morgan fingerprint density at radius 1 is 1.12 bits per heavy atom. The van der Waals surface area contributed by atoms with E-state index >= 15 is 0 Å². The van der Waals surface area contributed by atoms with Crippen LogP contribution >= 0.6 is 0 Å². The van der Waals surface area contributed by atoms with Gasteiger partial charge in [0.2, 0.25) is 5.91 Å². The molecule has 2 unspecified atom stereocenters. The van der Waals surface area contributed by atoms with E-state index < -0.39 is 0 Å². The molecule has 0 radical (unpaired) electrons. The average Bonchev–Trinajstić information content (AvgIpc) is 3.37. The molecule has 1 amide bonds. The monoisotopic (exact) mass is 327 g/mol. The van der Waals surface area contributed by atoms with Crippen molar-refractivity contribution in [2.45, 2.75) is 19.3 Å². The van der Waals surface area contributed by atoms with Gasteiger partial charge in [-0.1, -0.05) is 12.1 Å². The number of carbonyl (C=O) groups is 2. The Morgan fingerprint density at radius 3 is 2.42 bits per heavy atom. The van der Waals surface area contributed by atoms with Crippen LogP contribution in [0, 0.1) is 11.7 Å². The summed E-state index contributed by atoms with van der Waals surface area (Å²) >= 11 is 0. The third kappa shape index (κ3) is 3.62. The summed E-state index contributed by atoms with van der Waals surface area (Å²) in [6, 6.07) is 12.9. The molecule has 4 nitrogen and oxygen atoms in total. The van der Waals surface area contributed by atoms with E-state index in [9.17, 15) is 14.0 Å². The number of ether oxygens (including phenoxy) is 1. The third-order valence-corrected chi connectivity index (χ3v) is 4.09. The zero-order valence-corrected chi connectivity index (χ0v) is 13.3. The largest absolute Gasteiger partial charge is 0.462 e. The van der Waals surface area contributed by atoms with Gasteiger partial charge in [0.1, 0.15) is 5.82 Å². The number of nitrogens with one attached hydrogen (secondary N) is 1. The number of hydrogen-bond acceptors (Lipinski definition) is 3. The third-order valence-electron chi connectivity index (χ3n) is 4.09. The molecule has 0 heterocycles. The van der Waals surface area contributed by atoms with Gasteiger partial charge in [-0.05, 0) is 61.2 Å². The maximum absolute atomic E-state index is 12.9. The van der Waals surface area contributed by atoms with E-state index in [-0.39, 0.29) is 29.5 Å². The van der Waals surface area contributed by atoms with Crippen molar-refractivity contribution >= 4 is 17.6 Å². The minimum Gasteiger partial charge on any atom is -0.462 e. The van der Waals surface area contributed by atoms with Crippen molar-refractivity contribution in [1.29, 1.82) is 0 Å². The van der Waals surface area contributed by atoms with Crippen molar-refractivity contribution in [1.82, 2.24) is 0 Å². The highest BCUT2D eigenvalue weighted by molar-refractivity contribution is 5.96. The molecule has 1 aliphatic carbocycles. The standard InChI is InChI=1S/C19H18FNO3/c1-2-24-19(23)13-5-9-15(10-6-13)21-18(22)17-11-16(17)12-3-7-14(20)8-4-12/h3-10,16-17H,2,11H2,1H3,(H,21,22). The fourth-order valence-corrected chi connectivity index (χ4v) is 2.70.